The smallest absolute Gasteiger partial charge is 0.178 e. The van der Waals surface area contributed by atoms with Crippen LogP contribution in [0.2, 0.25) is 0 Å². The molecule has 0 bridgehead atoms. The van der Waals surface area contributed by atoms with Gasteiger partial charge in [-0.1, -0.05) is 0 Å². The van der Waals surface area contributed by atoms with Crippen LogP contribution in [0.5, 0.6) is 5.75 Å². The predicted molar refractivity (Wildman–Crippen MR) is 41.2 cm³/mol. The van der Waals surface area contributed by atoms with Gasteiger partial charge in [0.2, 0.25) is 0 Å². The van der Waals surface area contributed by atoms with Gasteiger partial charge in [0.05, 0.1) is 0 Å². The maximum Gasteiger partial charge on any atom is 0.178 e. The van der Waals surface area contributed by atoms with E-state index in [1.165, 1.54) is 24.7 Å². The van der Waals surface area contributed by atoms with Crippen LogP contribution in [0.4, 0.5) is 4.39 Å². The van der Waals surface area contributed by atoms with Crippen molar-refractivity contribution in [3.63, 3.8) is 0 Å². The van der Waals surface area contributed by atoms with Crippen LogP contribution in [0, 0.1) is 5.82 Å². The highest BCUT2D eigenvalue weighted by atomic mass is 19.1. The summed E-state index contributed by atoms with van der Waals surface area (Å²) in [6, 6.07) is 2.70. The highest BCUT2D eigenvalue weighted by molar-refractivity contribution is 5.83. The third kappa shape index (κ3) is 0.887. The SMILES string of the molecule is Oc1c(F)ccc2cncnc12. The average Bonchev–Trinajstić information content (AvgIpc) is 2.12. The summed E-state index contributed by atoms with van der Waals surface area (Å²) in [4.78, 5) is 7.48. The van der Waals surface area contributed by atoms with E-state index in [2.05, 4.69) is 9.97 Å². The zero-order valence-electron chi connectivity index (χ0n) is 6.03. The Labute approximate surface area is 67.5 Å². The molecule has 0 spiro atoms. The lowest BCUT2D eigenvalue weighted by Gasteiger charge is -1.98. The number of aromatic nitrogens is 2. The molecule has 1 heterocycles. The normalized spacial score (nSPS) is 10.4. The molecule has 4 heteroatoms. The molecule has 3 nitrogen and oxygen atoms in total. The molecule has 0 amide bonds. The predicted octanol–water partition coefficient (Wildman–Crippen LogP) is 1.47. The summed E-state index contributed by atoms with van der Waals surface area (Å²) in [5, 5.41) is 9.81. The number of fused-ring (bicyclic) bond motifs is 1. The highest BCUT2D eigenvalue weighted by Crippen LogP contribution is 2.24. The van der Waals surface area contributed by atoms with Crippen LogP contribution in [0.1, 0.15) is 0 Å². The van der Waals surface area contributed by atoms with Crippen molar-refractivity contribution in [3.8, 4) is 5.75 Å². The Morgan fingerprint density at radius 2 is 2.17 bits per heavy atom. The molecule has 0 atom stereocenters. The van der Waals surface area contributed by atoms with E-state index in [0.717, 1.165) is 0 Å². The second-order valence-electron chi connectivity index (χ2n) is 2.36. The topological polar surface area (TPSA) is 46.0 Å². The largest absolute Gasteiger partial charge is 0.503 e. The molecule has 60 valence electrons. The Morgan fingerprint density at radius 1 is 1.33 bits per heavy atom. The number of benzene rings is 1. The molecule has 2 aromatic rings. The summed E-state index contributed by atoms with van der Waals surface area (Å²) < 4.78 is 12.7. The second-order valence-corrected chi connectivity index (χ2v) is 2.36. The van der Waals surface area contributed by atoms with Crippen LogP contribution in [-0.4, -0.2) is 15.1 Å². The van der Waals surface area contributed by atoms with Crippen LogP contribution in [0.25, 0.3) is 10.9 Å². The third-order valence-corrected chi connectivity index (χ3v) is 1.60. The van der Waals surface area contributed by atoms with E-state index in [4.69, 9.17) is 0 Å². The lowest BCUT2D eigenvalue weighted by Crippen LogP contribution is -1.84. The van der Waals surface area contributed by atoms with E-state index in [1.807, 2.05) is 0 Å². The van der Waals surface area contributed by atoms with Crippen molar-refractivity contribution in [2.45, 2.75) is 0 Å². The average molecular weight is 164 g/mol. The van der Waals surface area contributed by atoms with Crippen molar-refractivity contribution >= 4 is 10.9 Å². The van der Waals surface area contributed by atoms with Crippen molar-refractivity contribution in [1.82, 2.24) is 9.97 Å². The van der Waals surface area contributed by atoms with E-state index in [-0.39, 0.29) is 5.52 Å². The minimum Gasteiger partial charge on any atom is -0.503 e. The number of aromatic hydroxyl groups is 1. The first-order valence-electron chi connectivity index (χ1n) is 3.36. The third-order valence-electron chi connectivity index (χ3n) is 1.60. The van der Waals surface area contributed by atoms with Gasteiger partial charge in [0.15, 0.2) is 11.6 Å². The Balaban J connectivity index is 2.91. The Kier molecular flexibility index (Phi) is 1.40. The van der Waals surface area contributed by atoms with Gasteiger partial charge in [-0.2, -0.15) is 0 Å². The summed E-state index contributed by atoms with van der Waals surface area (Å²) in [5.41, 5.74) is 0.241. The van der Waals surface area contributed by atoms with Gasteiger partial charge in [-0.25, -0.2) is 14.4 Å². The zero-order valence-corrected chi connectivity index (χ0v) is 6.03. The summed E-state index contributed by atoms with van der Waals surface area (Å²) in [6.07, 6.45) is 2.78. The first kappa shape index (κ1) is 6.97. The lowest BCUT2D eigenvalue weighted by atomic mass is 10.2. The molecule has 0 saturated heterocycles. The summed E-state index contributed by atoms with van der Waals surface area (Å²) in [6.45, 7) is 0. The van der Waals surface area contributed by atoms with Crippen LogP contribution >= 0.6 is 0 Å². The summed E-state index contributed by atoms with van der Waals surface area (Å²) >= 11 is 0. The molecule has 0 aliphatic heterocycles. The van der Waals surface area contributed by atoms with Crippen molar-refractivity contribution in [2.24, 2.45) is 0 Å². The van der Waals surface area contributed by atoms with Crippen molar-refractivity contribution in [3.05, 3.63) is 30.5 Å². The Morgan fingerprint density at radius 3 is 3.00 bits per heavy atom. The number of hydrogen-bond donors (Lipinski definition) is 1. The maximum atomic E-state index is 12.7. The van der Waals surface area contributed by atoms with Gasteiger partial charge in [-0.05, 0) is 12.1 Å². The highest BCUT2D eigenvalue weighted by Gasteiger charge is 2.05. The fourth-order valence-electron chi connectivity index (χ4n) is 1.02. The molecule has 0 aliphatic rings. The van der Waals surface area contributed by atoms with Crippen molar-refractivity contribution in [2.75, 3.05) is 0 Å². The van der Waals surface area contributed by atoms with E-state index in [1.54, 1.807) is 0 Å². The maximum absolute atomic E-state index is 12.7. The Bertz CT molecular complexity index is 430. The minimum absolute atomic E-state index is 0.241. The molecule has 1 N–H and O–H groups in total. The van der Waals surface area contributed by atoms with Crippen LogP contribution in [-0.2, 0) is 0 Å². The fraction of sp³-hybridized carbons (Fsp3) is 0. The standard InChI is InChI=1S/C8H5FN2O/c9-6-2-1-5-3-10-4-11-7(5)8(6)12/h1-4,12H. The van der Waals surface area contributed by atoms with Crippen LogP contribution in [0.3, 0.4) is 0 Å². The molecule has 0 aliphatic carbocycles. The minimum atomic E-state index is -0.666. The zero-order chi connectivity index (χ0) is 8.55. The first-order valence-corrected chi connectivity index (χ1v) is 3.36. The monoisotopic (exact) mass is 164 g/mol. The molecule has 2 rings (SSSR count). The van der Waals surface area contributed by atoms with Gasteiger partial charge >= 0.3 is 0 Å². The molecule has 0 saturated carbocycles. The van der Waals surface area contributed by atoms with Crippen LogP contribution in [0.15, 0.2) is 24.7 Å². The van der Waals surface area contributed by atoms with E-state index in [0.29, 0.717) is 5.39 Å². The fourth-order valence-corrected chi connectivity index (χ4v) is 1.02. The summed E-state index contributed by atoms with van der Waals surface area (Å²) in [5.74, 6) is -1.09. The number of nitrogens with zero attached hydrogens (tertiary/aromatic N) is 2. The van der Waals surface area contributed by atoms with Gasteiger partial charge in [-0.3, -0.25) is 0 Å². The first-order chi connectivity index (χ1) is 5.79. The Hall–Kier alpha value is -1.71. The van der Waals surface area contributed by atoms with Gasteiger partial charge in [-0.15, -0.1) is 0 Å². The molecular formula is C8H5FN2O. The molecule has 12 heavy (non-hydrogen) atoms. The van der Waals surface area contributed by atoms with E-state index in [9.17, 15) is 9.50 Å². The number of rotatable bonds is 0. The molecule has 0 radical (unpaired) electrons. The van der Waals surface area contributed by atoms with E-state index < -0.39 is 11.6 Å². The van der Waals surface area contributed by atoms with Crippen molar-refractivity contribution < 1.29 is 9.50 Å². The number of halogens is 1. The van der Waals surface area contributed by atoms with E-state index >= 15 is 0 Å². The van der Waals surface area contributed by atoms with Gasteiger partial charge < -0.3 is 5.11 Å². The van der Waals surface area contributed by atoms with Gasteiger partial charge in [0.1, 0.15) is 11.8 Å². The lowest BCUT2D eigenvalue weighted by molar-refractivity contribution is 0.437. The summed E-state index contributed by atoms with van der Waals surface area (Å²) in [7, 11) is 0. The number of phenols is 1. The van der Waals surface area contributed by atoms with Crippen LogP contribution < -0.4 is 0 Å². The van der Waals surface area contributed by atoms with Gasteiger partial charge in [0.25, 0.3) is 0 Å². The quantitative estimate of drug-likeness (QED) is 0.641. The van der Waals surface area contributed by atoms with Gasteiger partial charge in [0, 0.05) is 11.6 Å². The molecule has 1 aromatic heterocycles. The molecule has 0 fully saturated rings. The van der Waals surface area contributed by atoms with Crippen molar-refractivity contribution in [1.29, 1.82) is 0 Å². The number of phenolic OH excluding ortho intramolecular Hbond substituents is 1. The number of hydrogen-bond acceptors (Lipinski definition) is 3. The molecule has 0 unspecified atom stereocenters. The second kappa shape index (κ2) is 2.41. The molecular weight excluding hydrogens is 159 g/mol. The molecule has 1 aromatic carbocycles.